The average Bonchev–Trinajstić information content (AvgIpc) is 3.28. The van der Waals surface area contributed by atoms with E-state index >= 15 is 0 Å². The van der Waals surface area contributed by atoms with E-state index in [4.69, 9.17) is 9.15 Å². The van der Waals surface area contributed by atoms with Crippen LogP contribution in [0, 0.1) is 5.92 Å². The van der Waals surface area contributed by atoms with Gasteiger partial charge < -0.3 is 14.5 Å². The number of imide groups is 1. The fraction of sp³-hybridized carbons (Fsp3) is 0.500. The van der Waals surface area contributed by atoms with E-state index in [-0.39, 0.29) is 24.4 Å². The van der Waals surface area contributed by atoms with Crippen molar-refractivity contribution >= 4 is 11.9 Å². The second-order valence-corrected chi connectivity index (χ2v) is 7.48. The van der Waals surface area contributed by atoms with Crippen LogP contribution in [0.2, 0.25) is 0 Å². The molecule has 28 heavy (non-hydrogen) atoms. The molecule has 2 aliphatic rings. The molecule has 4 rings (SSSR count). The van der Waals surface area contributed by atoms with Gasteiger partial charge >= 0.3 is 6.03 Å². The second-order valence-electron chi connectivity index (χ2n) is 7.48. The standard InChI is InChI=1S/C20H24N4O4/c1-3-13-8-10-20(11-9-13)18(25)24(19(26)21-20)12-16-22-23-17(28-16)14-4-6-15(27-2)7-5-14/h4-7,13H,3,8-12H2,1-2H3,(H,21,26). The summed E-state index contributed by atoms with van der Waals surface area (Å²) in [6, 6.07) is 6.83. The van der Waals surface area contributed by atoms with Gasteiger partial charge in [-0.15, -0.1) is 10.2 Å². The lowest BCUT2D eigenvalue weighted by molar-refractivity contribution is -0.133. The lowest BCUT2D eigenvalue weighted by Crippen LogP contribution is -2.49. The van der Waals surface area contributed by atoms with Crippen LogP contribution in [-0.2, 0) is 11.3 Å². The fourth-order valence-corrected chi connectivity index (χ4v) is 4.04. The molecule has 8 nitrogen and oxygen atoms in total. The van der Waals surface area contributed by atoms with Gasteiger partial charge in [0.15, 0.2) is 0 Å². The number of methoxy groups -OCH3 is 1. The van der Waals surface area contributed by atoms with E-state index in [0.29, 0.717) is 24.7 Å². The Hall–Kier alpha value is -2.90. The molecule has 1 N–H and O–H groups in total. The highest BCUT2D eigenvalue weighted by atomic mass is 16.5. The third-order valence-corrected chi connectivity index (χ3v) is 5.88. The Kier molecular flexibility index (Phi) is 4.78. The number of benzene rings is 1. The van der Waals surface area contributed by atoms with Gasteiger partial charge in [0.2, 0.25) is 11.8 Å². The van der Waals surface area contributed by atoms with E-state index in [2.05, 4.69) is 22.4 Å². The van der Waals surface area contributed by atoms with Crippen LogP contribution < -0.4 is 10.1 Å². The van der Waals surface area contributed by atoms with Crippen LogP contribution in [0.4, 0.5) is 4.79 Å². The summed E-state index contributed by atoms with van der Waals surface area (Å²) in [4.78, 5) is 26.6. The normalized spacial score (nSPS) is 24.6. The third kappa shape index (κ3) is 3.23. The van der Waals surface area contributed by atoms with E-state index in [0.717, 1.165) is 30.6 Å². The molecule has 1 saturated carbocycles. The zero-order chi connectivity index (χ0) is 19.7. The zero-order valence-corrected chi connectivity index (χ0v) is 16.1. The fourth-order valence-electron chi connectivity index (χ4n) is 4.04. The van der Waals surface area contributed by atoms with Gasteiger partial charge in [-0.05, 0) is 55.9 Å². The molecule has 2 heterocycles. The highest BCUT2D eigenvalue weighted by Crippen LogP contribution is 2.38. The first kappa shape index (κ1) is 18.5. The SMILES string of the molecule is CCC1CCC2(CC1)NC(=O)N(Cc1nnc(-c3ccc(OC)cc3)o1)C2=O. The van der Waals surface area contributed by atoms with E-state index in [1.807, 2.05) is 12.1 Å². The van der Waals surface area contributed by atoms with Crippen LogP contribution in [0.25, 0.3) is 11.5 Å². The Labute approximate surface area is 163 Å². The van der Waals surface area contributed by atoms with Crippen LogP contribution in [-0.4, -0.2) is 39.7 Å². The first-order valence-corrected chi connectivity index (χ1v) is 9.65. The monoisotopic (exact) mass is 384 g/mol. The Morgan fingerprint density at radius 1 is 1.21 bits per heavy atom. The summed E-state index contributed by atoms with van der Waals surface area (Å²) in [5.41, 5.74) is -0.0205. The van der Waals surface area contributed by atoms with Crippen molar-refractivity contribution in [3.8, 4) is 17.2 Å². The lowest BCUT2D eigenvalue weighted by Gasteiger charge is -2.34. The van der Waals surface area contributed by atoms with Gasteiger partial charge in [-0.25, -0.2) is 4.79 Å². The molecule has 1 aromatic carbocycles. The number of nitrogens with zero attached hydrogens (tertiary/aromatic N) is 3. The van der Waals surface area contributed by atoms with E-state index in [1.165, 1.54) is 4.90 Å². The summed E-state index contributed by atoms with van der Waals surface area (Å²) in [6.07, 6.45) is 4.40. The van der Waals surface area contributed by atoms with E-state index < -0.39 is 5.54 Å². The number of nitrogens with one attached hydrogen (secondary N) is 1. The van der Waals surface area contributed by atoms with Gasteiger partial charge in [-0.2, -0.15) is 0 Å². The minimum absolute atomic E-state index is 0.0211. The number of aromatic nitrogens is 2. The second kappa shape index (κ2) is 7.26. The van der Waals surface area contributed by atoms with Crippen LogP contribution in [0.5, 0.6) is 5.75 Å². The Balaban J connectivity index is 1.46. The maximum atomic E-state index is 13.0. The molecule has 0 bridgehead atoms. The van der Waals surface area contributed by atoms with Crippen LogP contribution in [0.3, 0.4) is 0 Å². The summed E-state index contributed by atoms with van der Waals surface area (Å²) in [6.45, 7) is 2.15. The molecule has 1 aromatic heterocycles. The molecule has 0 radical (unpaired) electrons. The van der Waals surface area contributed by atoms with Crippen LogP contribution in [0.1, 0.15) is 44.9 Å². The molecule has 1 spiro atoms. The Morgan fingerprint density at radius 3 is 2.57 bits per heavy atom. The number of carbonyl (C=O) groups is 2. The van der Waals surface area contributed by atoms with Crippen molar-refractivity contribution in [3.63, 3.8) is 0 Å². The molecule has 0 unspecified atom stereocenters. The number of ether oxygens (including phenoxy) is 1. The Bertz CT molecular complexity index is 869. The van der Waals surface area contributed by atoms with Crippen molar-refractivity contribution < 1.29 is 18.7 Å². The lowest BCUT2D eigenvalue weighted by atomic mass is 9.75. The molecule has 1 aliphatic carbocycles. The predicted octanol–water partition coefficient (Wildman–Crippen LogP) is 3.14. The first-order valence-electron chi connectivity index (χ1n) is 9.65. The van der Waals surface area contributed by atoms with Crippen molar-refractivity contribution in [2.24, 2.45) is 5.92 Å². The van der Waals surface area contributed by atoms with Crippen molar-refractivity contribution in [1.82, 2.24) is 20.4 Å². The molecular weight excluding hydrogens is 360 g/mol. The minimum atomic E-state index is -0.762. The summed E-state index contributed by atoms with van der Waals surface area (Å²) in [5, 5.41) is 11.0. The van der Waals surface area contributed by atoms with Crippen LogP contribution in [0.15, 0.2) is 28.7 Å². The number of hydrogen-bond acceptors (Lipinski definition) is 6. The molecule has 1 aliphatic heterocycles. The van der Waals surface area contributed by atoms with Gasteiger partial charge in [0.05, 0.1) is 7.11 Å². The molecule has 2 fully saturated rings. The highest BCUT2D eigenvalue weighted by Gasteiger charge is 2.52. The minimum Gasteiger partial charge on any atom is -0.497 e. The van der Waals surface area contributed by atoms with Crippen molar-refractivity contribution in [3.05, 3.63) is 30.2 Å². The van der Waals surface area contributed by atoms with Crippen molar-refractivity contribution in [2.45, 2.75) is 51.1 Å². The number of urea groups is 1. The molecular formula is C20H24N4O4. The molecule has 0 atom stereocenters. The summed E-state index contributed by atoms with van der Waals surface area (Å²) in [7, 11) is 1.60. The van der Waals surface area contributed by atoms with E-state index in [1.54, 1.807) is 19.2 Å². The van der Waals surface area contributed by atoms with Crippen molar-refractivity contribution in [1.29, 1.82) is 0 Å². The number of carbonyl (C=O) groups excluding carboxylic acids is 2. The summed E-state index contributed by atoms with van der Waals surface area (Å²) >= 11 is 0. The summed E-state index contributed by atoms with van der Waals surface area (Å²) < 4.78 is 10.8. The van der Waals surface area contributed by atoms with Crippen LogP contribution >= 0.6 is 0 Å². The molecule has 1 saturated heterocycles. The van der Waals surface area contributed by atoms with Gasteiger partial charge in [-0.1, -0.05) is 13.3 Å². The summed E-state index contributed by atoms with van der Waals surface area (Å²) in [5.74, 6) is 1.74. The predicted molar refractivity (Wildman–Crippen MR) is 100 cm³/mol. The quantitative estimate of drug-likeness (QED) is 0.796. The average molecular weight is 384 g/mol. The third-order valence-electron chi connectivity index (χ3n) is 5.88. The molecule has 2 aromatic rings. The van der Waals surface area contributed by atoms with E-state index in [9.17, 15) is 9.59 Å². The van der Waals surface area contributed by atoms with Gasteiger partial charge in [-0.3, -0.25) is 9.69 Å². The largest absolute Gasteiger partial charge is 0.497 e. The van der Waals surface area contributed by atoms with Gasteiger partial charge in [0.25, 0.3) is 5.91 Å². The molecule has 8 heteroatoms. The maximum Gasteiger partial charge on any atom is 0.325 e. The number of rotatable bonds is 5. The number of amides is 3. The van der Waals surface area contributed by atoms with Crippen molar-refractivity contribution in [2.75, 3.05) is 7.11 Å². The van der Waals surface area contributed by atoms with Gasteiger partial charge in [0.1, 0.15) is 17.8 Å². The first-order chi connectivity index (χ1) is 13.5. The van der Waals surface area contributed by atoms with Gasteiger partial charge in [0, 0.05) is 5.56 Å². The maximum absolute atomic E-state index is 13.0. The smallest absolute Gasteiger partial charge is 0.325 e. The highest BCUT2D eigenvalue weighted by molar-refractivity contribution is 6.07. The molecule has 148 valence electrons. The topological polar surface area (TPSA) is 97.6 Å². The molecule has 3 amide bonds. The zero-order valence-electron chi connectivity index (χ0n) is 16.1. The Morgan fingerprint density at radius 2 is 1.93 bits per heavy atom. The number of hydrogen-bond donors (Lipinski definition) is 1.